The molecule has 0 radical (unpaired) electrons. The molecule has 0 spiro atoms. The van der Waals surface area contributed by atoms with Gasteiger partial charge in [0.05, 0.1) is 17.0 Å². The van der Waals surface area contributed by atoms with Crippen molar-refractivity contribution in [3.8, 4) is 0 Å². The molecule has 146 valence electrons. The van der Waals surface area contributed by atoms with Crippen LogP contribution in [-0.4, -0.2) is 32.2 Å². The van der Waals surface area contributed by atoms with Crippen molar-refractivity contribution in [3.63, 3.8) is 0 Å². The molecule has 0 fully saturated rings. The van der Waals surface area contributed by atoms with E-state index in [1.807, 2.05) is 0 Å². The van der Waals surface area contributed by atoms with Gasteiger partial charge in [0.25, 0.3) is 0 Å². The summed E-state index contributed by atoms with van der Waals surface area (Å²) in [5.41, 5.74) is -0.555. The third kappa shape index (κ3) is 5.78. The van der Waals surface area contributed by atoms with Gasteiger partial charge in [-0.25, -0.2) is 8.42 Å². The Hall–Kier alpha value is -1.91. The summed E-state index contributed by atoms with van der Waals surface area (Å²) in [7, 11) is -2.61. The molecule has 0 bridgehead atoms. The summed E-state index contributed by atoms with van der Waals surface area (Å²) in [4.78, 5) is 12.0. The fourth-order valence-electron chi connectivity index (χ4n) is 2.19. The van der Waals surface area contributed by atoms with Crippen molar-refractivity contribution in [2.75, 3.05) is 13.6 Å². The number of hydrogen-bond acceptors (Lipinski definition) is 3. The number of likely N-dealkylation sites (N-methyl/N-ethyl adjacent to an activating group) is 1. The molecule has 0 saturated heterocycles. The van der Waals surface area contributed by atoms with Crippen LogP contribution in [0.5, 0.6) is 0 Å². The number of hydrogen-bond donors (Lipinski definition) is 1. The lowest BCUT2D eigenvalue weighted by Crippen LogP contribution is -2.38. The van der Waals surface area contributed by atoms with Gasteiger partial charge in [0, 0.05) is 18.1 Å². The van der Waals surface area contributed by atoms with Crippen LogP contribution in [0.15, 0.2) is 57.9 Å². The standard InChI is InChI=1S/C17H16BrF3N2O3S/c1-23(27(25,26)15-7-5-14(18)6-8-15)11-16(24)22-10-12-3-2-4-13(9-12)17(19,20)21/h2-9H,10-11H2,1H3,(H,22,24). The summed E-state index contributed by atoms with van der Waals surface area (Å²) in [5.74, 6) is -0.629. The van der Waals surface area contributed by atoms with Gasteiger partial charge in [-0.1, -0.05) is 28.1 Å². The van der Waals surface area contributed by atoms with Crippen molar-refractivity contribution in [2.24, 2.45) is 0 Å². The molecule has 2 aromatic rings. The molecule has 0 heterocycles. The van der Waals surface area contributed by atoms with E-state index in [1.165, 1.54) is 31.3 Å². The first-order valence-electron chi connectivity index (χ1n) is 7.65. The number of rotatable bonds is 6. The molecule has 2 aromatic carbocycles. The Kier molecular flexibility index (Phi) is 6.66. The number of benzene rings is 2. The number of carbonyl (C=O) groups excluding carboxylic acids is 1. The van der Waals surface area contributed by atoms with E-state index in [0.717, 1.165) is 16.4 Å². The van der Waals surface area contributed by atoms with Crippen LogP contribution in [0, 0.1) is 0 Å². The van der Waals surface area contributed by atoms with Crippen LogP contribution < -0.4 is 5.32 Å². The van der Waals surface area contributed by atoms with E-state index in [9.17, 15) is 26.4 Å². The number of alkyl halides is 3. The van der Waals surface area contributed by atoms with Crippen molar-refractivity contribution in [1.29, 1.82) is 0 Å². The first-order valence-corrected chi connectivity index (χ1v) is 9.88. The van der Waals surface area contributed by atoms with Crippen molar-refractivity contribution in [2.45, 2.75) is 17.6 Å². The fourth-order valence-corrected chi connectivity index (χ4v) is 3.58. The number of sulfonamides is 1. The van der Waals surface area contributed by atoms with Crippen LogP contribution in [-0.2, 0) is 27.5 Å². The normalized spacial score (nSPS) is 12.2. The molecule has 1 amide bonds. The van der Waals surface area contributed by atoms with Crippen LogP contribution in [0.25, 0.3) is 0 Å². The fraction of sp³-hybridized carbons (Fsp3) is 0.235. The van der Waals surface area contributed by atoms with Gasteiger partial charge in [-0.3, -0.25) is 4.79 Å². The van der Waals surface area contributed by atoms with E-state index in [2.05, 4.69) is 21.2 Å². The van der Waals surface area contributed by atoms with E-state index in [4.69, 9.17) is 0 Å². The summed E-state index contributed by atoms with van der Waals surface area (Å²) in [5, 5.41) is 2.42. The van der Waals surface area contributed by atoms with Gasteiger partial charge in [0.2, 0.25) is 15.9 Å². The lowest BCUT2D eigenvalue weighted by molar-refractivity contribution is -0.137. The molecule has 0 aliphatic carbocycles. The maximum atomic E-state index is 12.7. The van der Waals surface area contributed by atoms with E-state index >= 15 is 0 Å². The Labute approximate surface area is 163 Å². The van der Waals surface area contributed by atoms with E-state index in [0.29, 0.717) is 4.47 Å². The first kappa shape index (κ1) is 21.4. The number of amides is 1. The van der Waals surface area contributed by atoms with E-state index in [1.54, 1.807) is 12.1 Å². The first-order chi connectivity index (χ1) is 12.5. The second-order valence-electron chi connectivity index (χ2n) is 5.69. The predicted molar refractivity (Wildman–Crippen MR) is 97.2 cm³/mol. The molecule has 27 heavy (non-hydrogen) atoms. The summed E-state index contributed by atoms with van der Waals surface area (Å²) in [6, 6.07) is 10.5. The van der Waals surface area contributed by atoms with Crippen LogP contribution in [0.3, 0.4) is 0 Å². The lowest BCUT2D eigenvalue weighted by atomic mass is 10.1. The smallest absolute Gasteiger partial charge is 0.351 e. The van der Waals surface area contributed by atoms with E-state index in [-0.39, 0.29) is 17.0 Å². The molecule has 0 unspecified atom stereocenters. The Balaban J connectivity index is 1.98. The highest BCUT2D eigenvalue weighted by atomic mass is 79.9. The Morgan fingerprint density at radius 2 is 1.78 bits per heavy atom. The molecule has 0 aliphatic heterocycles. The zero-order chi connectivity index (χ0) is 20.2. The number of nitrogens with zero attached hydrogens (tertiary/aromatic N) is 1. The summed E-state index contributed by atoms with van der Waals surface area (Å²) < 4.78 is 64.5. The average molecular weight is 465 g/mol. The van der Waals surface area contributed by atoms with Gasteiger partial charge in [0.15, 0.2) is 0 Å². The average Bonchev–Trinajstić information content (AvgIpc) is 2.60. The van der Waals surface area contributed by atoms with Crippen molar-refractivity contribution < 1.29 is 26.4 Å². The van der Waals surface area contributed by atoms with Crippen LogP contribution in [0.1, 0.15) is 11.1 Å². The monoisotopic (exact) mass is 464 g/mol. The number of halogens is 4. The van der Waals surface area contributed by atoms with E-state index < -0.39 is 34.2 Å². The minimum Gasteiger partial charge on any atom is -0.351 e. The van der Waals surface area contributed by atoms with Gasteiger partial charge < -0.3 is 5.32 Å². The molecule has 10 heteroatoms. The third-order valence-electron chi connectivity index (χ3n) is 3.63. The molecular formula is C17H16BrF3N2O3S. The predicted octanol–water partition coefficient (Wildman–Crippen LogP) is 3.40. The van der Waals surface area contributed by atoms with Gasteiger partial charge in [0.1, 0.15) is 0 Å². The highest BCUT2D eigenvalue weighted by Crippen LogP contribution is 2.29. The molecule has 5 nitrogen and oxygen atoms in total. The van der Waals surface area contributed by atoms with Crippen molar-refractivity contribution in [1.82, 2.24) is 9.62 Å². The zero-order valence-corrected chi connectivity index (χ0v) is 16.5. The number of nitrogens with one attached hydrogen (secondary N) is 1. The Morgan fingerprint density at radius 1 is 1.15 bits per heavy atom. The maximum absolute atomic E-state index is 12.7. The minimum absolute atomic E-state index is 0.0267. The van der Waals surface area contributed by atoms with Crippen LogP contribution in [0.2, 0.25) is 0 Å². The van der Waals surface area contributed by atoms with Crippen LogP contribution in [0.4, 0.5) is 13.2 Å². The minimum atomic E-state index is -4.47. The zero-order valence-electron chi connectivity index (χ0n) is 14.1. The van der Waals surface area contributed by atoms with Gasteiger partial charge in [-0.05, 0) is 42.0 Å². The third-order valence-corrected chi connectivity index (χ3v) is 5.98. The second-order valence-corrected chi connectivity index (χ2v) is 8.65. The van der Waals surface area contributed by atoms with Crippen molar-refractivity contribution >= 4 is 31.9 Å². The van der Waals surface area contributed by atoms with Gasteiger partial charge in [-0.15, -0.1) is 0 Å². The highest BCUT2D eigenvalue weighted by molar-refractivity contribution is 9.10. The second kappa shape index (κ2) is 8.41. The molecule has 2 rings (SSSR count). The molecule has 1 N–H and O–H groups in total. The summed E-state index contributed by atoms with van der Waals surface area (Å²) >= 11 is 3.21. The highest BCUT2D eigenvalue weighted by Gasteiger charge is 2.30. The SMILES string of the molecule is CN(CC(=O)NCc1cccc(C(F)(F)F)c1)S(=O)(=O)c1ccc(Br)cc1. The maximum Gasteiger partial charge on any atom is 0.416 e. The summed E-state index contributed by atoms with van der Waals surface area (Å²) in [6.07, 6.45) is -4.47. The summed E-state index contributed by atoms with van der Waals surface area (Å²) in [6.45, 7) is -0.605. The Bertz CT molecular complexity index is 916. The van der Waals surface area contributed by atoms with Gasteiger partial charge in [-0.2, -0.15) is 17.5 Å². The Morgan fingerprint density at radius 3 is 2.37 bits per heavy atom. The van der Waals surface area contributed by atoms with Gasteiger partial charge >= 0.3 is 6.18 Å². The molecule has 0 atom stereocenters. The molecule has 0 aliphatic rings. The number of carbonyl (C=O) groups is 1. The molecular weight excluding hydrogens is 449 g/mol. The largest absolute Gasteiger partial charge is 0.416 e. The molecule has 0 aromatic heterocycles. The quantitative estimate of drug-likeness (QED) is 0.712. The lowest BCUT2D eigenvalue weighted by Gasteiger charge is -2.17. The van der Waals surface area contributed by atoms with Crippen LogP contribution >= 0.6 is 15.9 Å². The molecule has 0 saturated carbocycles. The van der Waals surface area contributed by atoms with Crippen molar-refractivity contribution in [3.05, 3.63) is 64.1 Å². The topological polar surface area (TPSA) is 66.5 Å².